The Bertz CT molecular complexity index is 814. The lowest BCUT2D eigenvalue weighted by Gasteiger charge is -2.02. The molecule has 1 amide bonds. The number of nitrogens with zero attached hydrogens (tertiary/aromatic N) is 4. The van der Waals surface area contributed by atoms with Gasteiger partial charge in [-0.2, -0.15) is 0 Å². The van der Waals surface area contributed by atoms with E-state index in [-0.39, 0.29) is 12.3 Å². The minimum absolute atomic E-state index is 0.0780. The van der Waals surface area contributed by atoms with Crippen LogP contribution in [0.5, 0.6) is 0 Å². The Morgan fingerprint density at radius 3 is 2.91 bits per heavy atom. The second-order valence-electron chi connectivity index (χ2n) is 4.75. The van der Waals surface area contributed by atoms with Crippen molar-refractivity contribution < 1.29 is 4.79 Å². The molecule has 23 heavy (non-hydrogen) atoms. The zero-order chi connectivity index (χ0) is 16.2. The fraction of sp³-hybridized carbons (Fsp3) is 0.214. The van der Waals surface area contributed by atoms with E-state index < -0.39 is 0 Å². The zero-order valence-electron chi connectivity index (χ0n) is 12.3. The third-order valence-electron chi connectivity index (χ3n) is 3.03. The van der Waals surface area contributed by atoms with Crippen LogP contribution in [0.1, 0.15) is 16.3 Å². The van der Waals surface area contributed by atoms with Gasteiger partial charge in [0.05, 0.1) is 30.6 Å². The summed E-state index contributed by atoms with van der Waals surface area (Å²) in [4.78, 5) is 29.7. The lowest BCUT2D eigenvalue weighted by atomic mass is 10.3. The van der Waals surface area contributed by atoms with Crippen molar-refractivity contribution in [3.8, 4) is 10.7 Å². The molecule has 0 aliphatic rings. The van der Waals surface area contributed by atoms with Crippen LogP contribution >= 0.6 is 22.7 Å². The minimum atomic E-state index is -0.0780. The normalized spacial score (nSPS) is 10.7. The van der Waals surface area contributed by atoms with Gasteiger partial charge in [-0.05, 0) is 6.92 Å². The number of hydrogen-bond acceptors (Lipinski definition) is 8. The molecule has 0 spiro atoms. The fourth-order valence-electron chi connectivity index (χ4n) is 1.93. The van der Waals surface area contributed by atoms with E-state index in [1.807, 2.05) is 12.3 Å². The molecule has 0 aliphatic heterocycles. The Morgan fingerprint density at radius 1 is 1.35 bits per heavy atom. The summed E-state index contributed by atoms with van der Waals surface area (Å²) >= 11 is 2.82. The Kier molecular flexibility index (Phi) is 4.58. The number of rotatable bonds is 5. The smallest absolute Gasteiger partial charge is 0.225 e. The van der Waals surface area contributed by atoms with E-state index in [2.05, 4.69) is 25.3 Å². The average molecular weight is 346 g/mol. The van der Waals surface area contributed by atoms with Crippen LogP contribution < -0.4 is 11.1 Å². The Morgan fingerprint density at radius 2 is 2.22 bits per heavy atom. The summed E-state index contributed by atoms with van der Waals surface area (Å²) in [7, 11) is 0. The molecule has 0 saturated carbocycles. The van der Waals surface area contributed by atoms with E-state index in [1.165, 1.54) is 22.7 Å². The van der Waals surface area contributed by atoms with Crippen LogP contribution in [0.15, 0.2) is 24.0 Å². The standard InChI is InChI=1S/C14H14N6OS2/c1-8-11(23-14(15)19-8)4-12(21)18-5-9-7-22-13(20-9)10-6-16-2-3-17-10/h2-3,6-7H,4-5H2,1H3,(H2,15,19)(H,18,21). The number of hydrogen-bond donors (Lipinski definition) is 2. The Balaban J connectivity index is 1.57. The molecule has 3 rings (SSSR count). The quantitative estimate of drug-likeness (QED) is 0.729. The summed E-state index contributed by atoms with van der Waals surface area (Å²) in [6.45, 7) is 2.23. The second-order valence-corrected chi connectivity index (χ2v) is 6.72. The number of nitrogens with one attached hydrogen (secondary N) is 1. The molecule has 0 radical (unpaired) electrons. The molecule has 3 N–H and O–H groups in total. The third kappa shape index (κ3) is 3.88. The SMILES string of the molecule is Cc1nc(N)sc1CC(=O)NCc1csc(-c2cnccn2)n1. The number of amides is 1. The zero-order valence-corrected chi connectivity index (χ0v) is 13.9. The molecule has 3 aromatic rings. The van der Waals surface area contributed by atoms with Crippen LogP contribution in [-0.2, 0) is 17.8 Å². The first-order valence-corrected chi connectivity index (χ1v) is 8.50. The van der Waals surface area contributed by atoms with Gasteiger partial charge in [0.15, 0.2) is 5.13 Å². The lowest BCUT2D eigenvalue weighted by molar-refractivity contribution is -0.120. The van der Waals surface area contributed by atoms with Crippen LogP contribution in [0.3, 0.4) is 0 Å². The number of carbonyl (C=O) groups is 1. The molecule has 0 atom stereocenters. The van der Waals surface area contributed by atoms with Crippen LogP contribution in [0.4, 0.5) is 5.13 Å². The third-order valence-corrected chi connectivity index (χ3v) is 4.93. The average Bonchev–Trinajstić information content (AvgIpc) is 3.13. The number of aromatic nitrogens is 4. The molecular weight excluding hydrogens is 332 g/mol. The van der Waals surface area contributed by atoms with E-state index in [9.17, 15) is 4.79 Å². The molecule has 118 valence electrons. The first-order chi connectivity index (χ1) is 11.1. The van der Waals surface area contributed by atoms with Crippen LogP contribution in [0, 0.1) is 6.92 Å². The molecule has 9 heteroatoms. The summed E-state index contributed by atoms with van der Waals surface area (Å²) in [6.07, 6.45) is 5.19. The number of thiazole rings is 2. The summed E-state index contributed by atoms with van der Waals surface area (Å²) in [5.41, 5.74) is 7.96. The molecule has 0 saturated heterocycles. The maximum Gasteiger partial charge on any atom is 0.225 e. The number of anilines is 1. The highest BCUT2D eigenvalue weighted by Crippen LogP contribution is 2.21. The van der Waals surface area contributed by atoms with Crippen LogP contribution in [0.25, 0.3) is 10.7 Å². The molecular formula is C14H14N6OS2. The van der Waals surface area contributed by atoms with Crippen LogP contribution in [-0.4, -0.2) is 25.8 Å². The van der Waals surface area contributed by atoms with Gasteiger partial charge in [0.2, 0.25) is 5.91 Å². The van der Waals surface area contributed by atoms with Crippen molar-refractivity contribution in [1.29, 1.82) is 0 Å². The van der Waals surface area contributed by atoms with Crippen molar-refractivity contribution in [1.82, 2.24) is 25.3 Å². The minimum Gasteiger partial charge on any atom is -0.375 e. The Hall–Kier alpha value is -2.39. The molecule has 0 fully saturated rings. The monoisotopic (exact) mass is 346 g/mol. The highest BCUT2D eigenvalue weighted by atomic mass is 32.1. The first kappa shape index (κ1) is 15.5. The molecule has 7 nitrogen and oxygen atoms in total. The number of aryl methyl sites for hydroxylation is 1. The summed E-state index contributed by atoms with van der Waals surface area (Å²) in [5.74, 6) is -0.0780. The number of carbonyl (C=O) groups excluding carboxylic acids is 1. The summed E-state index contributed by atoms with van der Waals surface area (Å²) < 4.78 is 0. The molecule has 0 aliphatic carbocycles. The highest BCUT2D eigenvalue weighted by Gasteiger charge is 2.11. The molecule has 0 bridgehead atoms. The maximum atomic E-state index is 12.0. The largest absolute Gasteiger partial charge is 0.375 e. The van der Waals surface area contributed by atoms with Crippen molar-refractivity contribution >= 4 is 33.7 Å². The van der Waals surface area contributed by atoms with Crippen molar-refractivity contribution in [2.75, 3.05) is 5.73 Å². The van der Waals surface area contributed by atoms with Crippen molar-refractivity contribution in [3.05, 3.63) is 40.2 Å². The highest BCUT2D eigenvalue weighted by molar-refractivity contribution is 7.15. The lowest BCUT2D eigenvalue weighted by Crippen LogP contribution is -2.24. The van der Waals surface area contributed by atoms with Crippen molar-refractivity contribution in [2.24, 2.45) is 0 Å². The van der Waals surface area contributed by atoms with E-state index >= 15 is 0 Å². The van der Waals surface area contributed by atoms with Crippen molar-refractivity contribution in [2.45, 2.75) is 19.9 Å². The van der Waals surface area contributed by atoms with Gasteiger partial charge in [-0.3, -0.25) is 14.8 Å². The van der Waals surface area contributed by atoms with Crippen LogP contribution in [0.2, 0.25) is 0 Å². The topological polar surface area (TPSA) is 107 Å². The van der Waals surface area contributed by atoms with Gasteiger partial charge < -0.3 is 11.1 Å². The van der Waals surface area contributed by atoms with Crippen molar-refractivity contribution in [3.63, 3.8) is 0 Å². The van der Waals surface area contributed by atoms with Gasteiger partial charge in [0.1, 0.15) is 10.7 Å². The molecule has 0 aromatic carbocycles. The molecule has 3 heterocycles. The van der Waals surface area contributed by atoms with Gasteiger partial charge in [0.25, 0.3) is 0 Å². The predicted molar refractivity (Wildman–Crippen MR) is 90.0 cm³/mol. The van der Waals surface area contributed by atoms with Gasteiger partial charge >= 0.3 is 0 Å². The number of nitrogens with two attached hydrogens (primary N) is 1. The number of nitrogen functional groups attached to an aromatic ring is 1. The second kappa shape index (κ2) is 6.80. The molecule has 3 aromatic heterocycles. The van der Waals surface area contributed by atoms with E-state index in [4.69, 9.17) is 5.73 Å². The summed E-state index contributed by atoms with van der Waals surface area (Å²) in [6, 6.07) is 0. The molecule has 0 unspecified atom stereocenters. The van der Waals surface area contributed by atoms with E-state index in [0.717, 1.165) is 27.0 Å². The Labute approximate surface area is 140 Å². The van der Waals surface area contributed by atoms with Gasteiger partial charge in [-0.1, -0.05) is 0 Å². The first-order valence-electron chi connectivity index (χ1n) is 6.81. The van der Waals surface area contributed by atoms with Gasteiger partial charge in [-0.15, -0.1) is 22.7 Å². The van der Waals surface area contributed by atoms with Gasteiger partial charge in [0, 0.05) is 22.7 Å². The fourth-order valence-corrected chi connectivity index (χ4v) is 3.54. The summed E-state index contributed by atoms with van der Waals surface area (Å²) in [5, 5.41) is 6.03. The maximum absolute atomic E-state index is 12.0. The van der Waals surface area contributed by atoms with E-state index in [1.54, 1.807) is 18.6 Å². The predicted octanol–water partition coefficient (Wildman–Crippen LogP) is 1.81. The van der Waals surface area contributed by atoms with Gasteiger partial charge in [-0.25, -0.2) is 9.97 Å². The van der Waals surface area contributed by atoms with E-state index in [0.29, 0.717) is 11.7 Å².